The number of anilines is 5. The van der Waals surface area contributed by atoms with Crippen LogP contribution in [0.1, 0.15) is 70.1 Å². The van der Waals surface area contributed by atoms with E-state index >= 15 is 0 Å². The summed E-state index contributed by atoms with van der Waals surface area (Å²) < 4.78 is 6.26. The molecular formula is C31H42N6O2. The summed E-state index contributed by atoms with van der Waals surface area (Å²) in [6, 6.07) is 12.8. The molecule has 208 valence electrons. The molecule has 8 nitrogen and oxygen atoms in total. The number of carbonyl (C=O) groups excluding carboxylic acids is 1. The minimum atomic E-state index is 0.0172. The fourth-order valence-electron chi connectivity index (χ4n) is 5.02. The maximum Gasteiger partial charge on any atom is 0.229 e. The third-order valence-electron chi connectivity index (χ3n) is 6.97. The number of para-hydroxylation sites is 2. The standard InChI is InChI=1S/C31H42N6O2/c1-7-23-18-32-31(36-30(23)34-27-11-9-8-10-26(27)33-20(2)3)35-28-16-22(6)25(17-29(28)39-21(4)5)24-12-14-37(19-38)15-13-24/h8-11,16-21,24,33H,7,12-15H2,1-6H3,(H2,32,34,35,36). The molecule has 0 radical (unpaired) electrons. The number of piperidine rings is 1. The highest BCUT2D eigenvalue weighted by Crippen LogP contribution is 2.38. The van der Waals surface area contributed by atoms with Crippen LogP contribution in [0.2, 0.25) is 0 Å². The summed E-state index contributed by atoms with van der Waals surface area (Å²) in [5.41, 5.74) is 6.34. The maximum absolute atomic E-state index is 11.2. The van der Waals surface area contributed by atoms with Crippen molar-refractivity contribution in [2.24, 2.45) is 0 Å². The van der Waals surface area contributed by atoms with E-state index in [0.717, 1.165) is 73.0 Å². The summed E-state index contributed by atoms with van der Waals surface area (Å²) in [6.07, 6.45) is 5.57. The first kappa shape index (κ1) is 28.2. The Morgan fingerprint density at radius 3 is 2.41 bits per heavy atom. The van der Waals surface area contributed by atoms with Gasteiger partial charge in [0.25, 0.3) is 0 Å². The Hall–Kier alpha value is -3.81. The molecule has 1 aromatic heterocycles. The molecule has 0 aliphatic carbocycles. The molecule has 1 amide bonds. The van der Waals surface area contributed by atoms with Crippen molar-refractivity contribution in [3.63, 3.8) is 0 Å². The molecule has 2 heterocycles. The molecule has 39 heavy (non-hydrogen) atoms. The summed E-state index contributed by atoms with van der Waals surface area (Å²) in [5, 5.41) is 10.5. The van der Waals surface area contributed by atoms with Gasteiger partial charge in [0.05, 0.1) is 23.2 Å². The molecule has 3 aromatic rings. The van der Waals surface area contributed by atoms with Crippen molar-refractivity contribution < 1.29 is 9.53 Å². The van der Waals surface area contributed by atoms with E-state index in [0.29, 0.717) is 17.9 Å². The predicted octanol–water partition coefficient (Wildman–Crippen LogP) is 6.78. The number of nitrogens with zero attached hydrogens (tertiary/aromatic N) is 3. The summed E-state index contributed by atoms with van der Waals surface area (Å²) >= 11 is 0. The van der Waals surface area contributed by atoms with Crippen molar-refractivity contribution in [1.82, 2.24) is 14.9 Å². The van der Waals surface area contributed by atoms with Crippen molar-refractivity contribution in [3.05, 3.63) is 59.3 Å². The molecule has 3 N–H and O–H groups in total. The lowest BCUT2D eigenvalue weighted by molar-refractivity contribution is -0.119. The number of hydrogen-bond acceptors (Lipinski definition) is 7. The highest BCUT2D eigenvalue weighted by Gasteiger charge is 2.23. The van der Waals surface area contributed by atoms with Gasteiger partial charge in [0, 0.05) is 30.9 Å². The fraction of sp³-hybridized carbons (Fsp3) is 0.452. The summed E-state index contributed by atoms with van der Waals surface area (Å²) in [7, 11) is 0. The number of hydrogen-bond donors (Lipinski definition) is 3. The lowest BCUT2D eigenvalue weighted by Gasteiger charge is -2.31. The average Bonchev–Trinajstić information content (AvgIpc) is 2.91. The quantitative estimate of drug-likeness (QED) is 0.235. The number of amides is 1. The Morgan fingerprint density at radius 2 is 1.77 bits per heavy atom. The highest BCUT2D eigenvalue weighted by molar-refractivity contribution is 5.75. The van der Waals surface area contributed by atoms with Gasteiger partial charge in [-0.15, -0.1) is 0 Å². The maximum atomic E-state index is 11.2. The van der Waals surface area contributed by atoms with Crippen LogP contribution < -0.4 is 20.7 Å². The normalized spacial score (nSPS) is 14.0. The van der Waals surface area contributed by atoms with Gasteiger partial charge in [-0.1, -0.05) is 19.1 Å². The van der Waals surface area contributed by atoms with Crippen LogP contribution in [0, 0.1) is 6.92 Å². The average molecular weight is 531 g/mol. The van der Waals surface area contributed by atoms with E-state index in [4.69, 9.17) is 9.72 Å². The topological polar surface area (TPSA) is 91.4 Å². The van der Waals surface area contributed by atoms with Crippen LogP contribution in [-0.4, -0.2) is 46.5 Å². The lowest BCUT2D eigenvalue weighted by atomic mass is 9.86. The van der Waals surface area contributed by atoms with Gasteiger partial charge in [-0.3, -0.25) is 4.79 Å². The smallest absolute Gasteiger partial charge is 0.229 e. The van der Waals surface area contributed by atoms with Crippen LogP contribution in [0.3, 0.4) is 0 Å². The first-order valence-electron chi connectivity index (χ1n) is 14.0. The van der Waals surface area contributed by atoms with Crippen LogP contribution >= 0.6 is 0 Å². The molecule has 1 aliphatic rings. The van der Waals surface area contributed by atoms with Gasteiger partial charge in [-0.2, -0.15) is 4.98 Å². The molecule has 1 aliphatic heterocycles. The van der Waals surface area contributed by atoms with E-state index < -0.39 is 0 Å². The Bertz CT molecular complexity index is 1270. The van der Waals surface area contributed by atoms with Gasteiger partial charge in [0.15, 0.2) is 0 Å². The van der Waals surface area contributed by atoms with Gasteiger partial charge in [-0.05, 0) is 95.2 Å². The van der Waals surface area contributed by atoms with E-state index in [9.17, 15) is 4.79 Å². The van der Waals surface area contributed by atoms with Gasteiger partial charge >= 0.3 is 0 Å². The van der Waals surface area contributed by atoms with Crippen LogP contribution in [0.15, 0.2) is 42.6 Å². The van der Waals surface area contributed by atoms with Crippen molar-refractivity contribution in [2.45, 2.75) is 78.9 Å². The minimum Gasteiger partial charge on any atom is -0.489 e. The minimum absolute atomic E-state index is 0.0172. The van der Waals surface area contributed by atoms with E-state index in [1.807, 2.05) is 37.1 Å². The Morgan fingerprint density at radius 1 is 1.05 bits per heavy atom. The first-order valence-corrected chi connectivity index (χ1v) is 14.0. The van der Waals surface area contributed by atoms with E-state index in [-0.39, 0.29) is 6.10 Å². The first-order chi connectivity index (χ1) is 18.8. The van der Waals surface area contributed by atoms with Crippen molar-refractivity contribution in [1.29, 1.82) is 0 Å². The van der Waals surface area contributed by atoms with Crippen LogP contribution in [0.5, 0.6) is 5.75 Å². The van der Waals surface area contributed by atoms with Gasteiger partial charge in [0.2, 0.25) is 12.4 Å². The third kappa shape index (κ3) is 7.19. The number of benzene rings is 2. The molecule has 0 atom stereocenters. The second-order valence-electron chi connectivity index (χ2n) is 10.8. The molecule has 0 unspecified atom stereocenters. The second-order valence-corrected chi connectivity index (χ2v) is 10.8. The lowest BCUT2D eigenvalue weighted by Crippen LogP contribution is -2.31. The number of carbonyl (C=O) groups is 1. The predicted molar refractivity (Wildman–Crippen MR) is 160 cm³/mol. The van der Waals surface area contributed by atoms with E-state index in [1.165, 1.54) is 11.1 Å². The second kappa shape index (κ2) is 12.8. The molecule has 1 saturated heterocycles. The van der Waals surface area contributed by atoms with Gasteiger partial charge in [0.1, 0.15) is 11.6 Å². The Labute approximate surface area is 232 Å². The SMILES string of the molecule is CCc1cnc(Nc2cc(C)c(C3CCN(C=O)CC3)cc2OC(C)C)nc1Nc1ccccc1NC(C)C. The highest BCUT2D eigenvalue weighted by atomic mass is 16.5. The molecular weight excluding hydrogens is 488 g/mol. The van der Waals surface area contributed by atoms with Crippen LogP contribution in [0.25, 0.3) is 0 Å². The molecule has 4 rings (SSSR count). The fourth-order valence-corrected chi connectivity index (χ4v) is 5.02. The number of ether oxygens (including phenoxy) is 1. The zero-order valence-corrected chi connectivity index (χ0v) is 24.0. The monoisotopic (exact) mass is 530 g/mol. The molecule has 0 spiro atoms. The number of likely N-dealkylation sites (tertiary alicyclic amines) is 1. The van der Waals surface area contributed by atoms with E-state index in [1.54, 1.807) is 0 Å². The third-order valence-corrected chi connectivity index (χ3v) is 6.97. The van der Waals surface area contributed by atoms with Crippen molar-refractivity contribution in [2.75, 3.05) is 29.0 Å². The zero-order chi connectivity index (χ0) is 27.9. The molecule has 2 aromatic carbocycles. The van der Waals surface area contributed by atoms with Crippen LogP contribution in [-0.2, 0) is 11.2 Å². The van der Waals surface area contributed by atoms with Crippen molar-refractivity contribution >= 4 is 35.2 Å². The number of aromatic nitrogens is 2. The Kier molecular flexibility index (Phi) is 9.28. The van der Waals surface area contributed by atoms with Crippen LogP contribution in [0.4, 0.5) is 28.8 Å². The summed E-state index contributed by atoms with van der Waals surface area (Å²) in [4.78, 5) is 22.5. The summed E-state index contributed by atoms with van der Waals surface area (Å²) in [5.74, 6) is 2.46. The molecule has 0 bridgehead atoms. The Balaban J connectivity index is 1.63. The zero-order valence-electron chi connectivity index (χ0n) is 24.0. The molecule has 8 heteroatoms. The largest absolute Gasteiger partial charge is 0.489 e. The van der Waals surface area contributed by atoms with Gasteiger partial charge < -0.3 is 25.6 Å². The van der Waals surface area contributed by atoms with E-state index in [2.05, 4.69) is 72.9 Å². The number of rotatable bonds is 11. The molecule has 1 fully saturated rings. The molecule has 0 saturated carbocycles. The number of nitrogens with one attached hydrogen (secondary N) is 3. The van der Waals surface area contributed by atoms with Gasteiger partial charge in [-0.25, -0.2) is 4.98 Å². The summed E-state index contributed by atoms with van der Waals surface area (Å²) in [6.45, 7) is 14.1. The number of aryl methyl sites for hydroxylation is 2. The van der Waals surface area contributed by atoms with Crippen molar-refractivity contribution in [3.8, 4) is 5.75 Å².